The molecule has 0 spiro atoms. The summed E-state index contributed by atoms with van der Waals surface area (Å²) in [5, 5.41) is 4.63. The molecule has 0 saturated heterocycles. The van der Waals surface area contributed by atoms with E-state index in [1.165, 1.54) is 19.3 Å². The zero-order chi connectivity index (χ0) is 18.0. The molecule has 0 amide bonds. The molecule has 0 unspecified atom stereocenters. The number of aryl methyl sites for hydroxylation is 1. The number of imidazole rings is 1. The second-order valence-corrected chi connectivity index (χ2v) is 6.35. The number of aromatic nitrogens is 5. The SMILES string of the molecule is C1CC1.C=C/C(C)=C\C=C(/C)c1cc2nc(N)c3ncn(C)c3n2n1. The Bertz CT molecular complexity index is 982. The third kappa shape index (κ3) is 3.63. The van der Waals surface area contributed by atoms with E-state index in [-0.39, 0.29) is 0 Å². The van der Waals surface area contributed by atoms with E-state index in [2.05, 4.69) is 21.6 Å². The van der Waals surface area contributed by atoms with Crippen LogP contribution >= 0.6 is 0 Å². The van der Waals surface area contributed by atoms with Crippen molar-refractivity contribution in [2.24, 2.45) is 7.05 Å². The first-order chi connectivity index (χ1) is 12.0. The van der Waals surface area contributed by atoms with Gasteiger partial charge in [0.1, 0.15) is 5.52 Å². The largest absolute Gasteiger partial charge is 0.382 e. The fourth-order valence-corrected chi connectivity index (χ4v) is 2.24. The lowest BCUT2D eigenvalue weighted by Crippen LogP contribution is -2.01. The van der Waals surface area contributed by atoms with Gasteiger partial charge in [-0.1, -0.05) is 49.6 Å². The van der Waals surface area contributed by atoms with Gasteiger partial charge >= 0.3 is 0 Å². The Labute approximate surface area is 147 Å². The number of nitrogen functional groups attached to an aromatic ring is 1. The third-order valence-corrected chi connectivity index (χ3v) is 3.95. The average molecular weight is 336 g/mol. The second-order valence-electron chi connectivity index (χ2n) is 6.35. The Morgan fingerprint density at radius 2 is 1.96 bits per heavy atom. The molecular weight excluding hydrogens is 312 g/mol. The zero-order valence-electron chi connectivity index (χ0n) is 15.0. The van der Waals surface area contributed by atoms with Crippen molar-refractivity contribution in [2.75, 3.05) is 5.73 Å². The quantitative estimate of drug-likeness (QED) is 0.736. The highest BCUT2D eigenvalue weighted by molar-refractivity contribution is 5.85. The molecule has 1 saturated carbocycles. The Hall–Kier alpha value is -2.89. The van der Waals surface area contributed by atoms with Crippen LogP contribution in [0.1, 0.15) is 38.8 Å². The molecule has 1 aliphatic carbocycles. The third-order valence-electron chi connectivity index (χ3n) is 3.95. The van der Waals surface area contributed by atoms with Gasteiger partial charge in [-0.05, 0) is 19.4 Å². The lowest BCUT2D eigenvalue weighted by Gasteiger charge is -2.00. The lowest BCUT2D eigenvalue weighted by atomic mass is 10.2. The summed E-state index contributed by atoms with van der Waals surface area (Å²) in [4.78, 5) is 8.65. The molecule has 0 bridgehead atoms. The van der Waals surface area contributed by atoms with Crippen molar-refractivity contribution in [3.05, 3.63) is 48.5 Å². The molecule has 130 valence electrons. The molecule has 3 aromatic rings. The van der Waals surface area contributed by atoms with Crippen LogP contribution in [0.5, 0.6) is 0 Å². The Morgan fingerprint density at radius 3 is 2.60 bits per heavy atom. The summed E-state index contributed by atoms with van der Waals surface area (Å²) in [6, 6.07) is 1.92. The Kier molecular flexibility index (Phi) is 4.70. The summed E-state index contributed by atoms with van der Waals surface area (Å²) in [6.07, 6.45) is 12.0. The normalized spacial score (nSPS) is 14.5. The molecule has 0 atom stereocenters. The first-order valence-electron chi connectivity index (χ1n) is 8.45. The molecule has 2 N–H and O–H groups in total. The number of allylic oxidation sites excluding steroid dienone is 5. The Balaban J connectivity index is 0.000000549. The first kappa shape index (κ1) is 17.0. The van der Waals surface area contributed by atoms with Gasteiger partial charge in [0.05, 0.1) is 12.0 Å². The van der Waals surface area contributed by atoms with Gasteiger partial charge in [-0.25, -0.2) is 9.97 Å². The highest BCUT2D eigenvalue weighted by Gasteiger charge is 2.13. The number of nitrogens with two attached hydrogens (primary N) is 1. The highest BCUT2D eigenvalue weighted by Crippen LogP contribution is 2.22. The fraction of sp³-hybridized carbons (Fsp3) is 0.316. The average Bonchev–Trinajstić information content (AvgIpc) is 3.35. The maximum absolute atomic E-state index is 5.97. The van der Waals surface area contributed by atoms with E-state index in [1.807, 2.05) is 49.8 Å². The number of hydrogen-bond acceptors (Lipinski definition) is 4. The van der Waals surface area contributed by atoms with Crippen molar-refractivity contribution < 1.29 is 0 Å². The van der Waals surface area contributed by atoms with Crippen LogP contribution in [0.2, 0.25) is 0 Å². The van der Waals surface area contributed by atoms with Crippen molar-refractivity contribution in [2.45, 2.75) is 33.1 Å². The summed E-state index contributed by atoms with van der Waals surface area (Å²) in [5.41, 5.74) is 11.2. The van der Waals surface area contributed by atoms with Crippen LogP contribution in [0.4, 0.5) is 5.82 Å². The molecule has 0 aliphatic heterocycles. The van der Waals surface area contributed by atoms with Crippen molar-refractivity contribution in [1.82, 2.24) is 24.1 Å². The van der Waals surface area contributed by atoms with Crippen molar-refractivity contribution in [1.29, 1.82) is 0 Å². The monoisotopic (exact) mass is 336 g/mol. The maximum Gasteiger partial charge on any atom is 0.167 e. The minimum atomic E-state index is 0.415. The highest BCUT2D eigenvalue weighted by atomic mass is 15.3. The van der Waals surface area contributed by atoms with Crippen LogP contribution in [0.15, 0.2) is 42.8 Å². The predicted octanol–water partition coefficient (Wildman–Crippen LogP) is 3.90. The van der Waals surface area contributed by atoms with Gasteiger partial charge in [0.2, 0.25) is 0 Å². The molecule has 6 nitrogen and oxygen atoms in total. The van der Waals surface area contributed by atoms with Crippen LogP contribution < -0.4 is 5.73 Å². The molecule has 0 aromatic carbocycles. The van der Waals surface area contributed by atoms with Crippen LogP contribution in [0.3, 0.4) is 0 Å². The van der Waals surface area contributed by atoms with Gasteiger partial charge in [0.15, 0.2) is 17.1 Å². The van der Waals surface area contributed by atoms with Crippen molar-refractivity contribution in [3.63, 3.8) is 0 Å². The van der Waals surface area contributed by atoms with E-state index in [0.29, 0.717) is 17.0 Å². The van der Waals surface area contributed by atoms with Crippen LogP contribution in [-0.2, 0) is 7.05 Å². The molecule has 6 heteroatoms. The zero-order valence-corrected chi connectivity index (χ0v) is 15.0. The minimum Gasteiger partial charge on any atom is -0.382 e. The maximum atomic E-state index is 5.97. The number of fused-ring (bicyclic) bond motifs is 3. The number of hydrogen-bond donors (Lipinski definition) is 1. The second kappa shape index (κ2) is 6.93. The number of nitrogens with zero attached hydrogens (tertiary/aromatic N) is 5. The standard InChI is InChI=1S/C16H18N6.C3H6/c1-5-10(2)6-7-11(3)12-8-13-19-15(17)14-16(22(13)20-12)21(4)9-18-14;1-2-3-1/h5-9H,1H2,2-4H3,(H2,17,19);1-3H2/b10-6-,11-7+;. The summed E-state index contributed by atoms with van der Waals surface area (Å²) in [7, 11) is 1.91. The predicted molar refractivity (Wildman–Crippen MR) is 103 cm³/mol. The number of rotatable bonds is 3. The summed E-state index contributed by atoms with van der Waals surface area (Å²) in [5.74, 6) is 0.415. The first-order valence-corrected chi connectivity index (χ1v) is 8.45. The van der Waals surface area contributed by atoms with Crippen LogP contribution in [0.25, 0.3) is 22.4 Å². The van der Waals surface area contributed by atoms with Crippen LogP contribution in [-0.4, -0.2) is 24.1 Å². The smallest absolute Gasteiger partial charge is 0.167 e. The van der Waals surface area contributed by atoms with Gasteiger partial charge in [-0.15, -0.1) is 0 Å². The molecule has 25 heavy (non-hydrogen) atoms. The molecule has 1 fully saturated rings. The van der Waals surface area contributed by atoms with E-state index in [1.54, 1.807) is 10.8 Å². The summed E-state index contributed by atoms with van der Waals surface area (Å²) < 4.78 is 3.66. The van der Waals surface area contributed by atoms with Crippen molar-refractivity contribution >= 4 is 28.2 Å². The van der Waals surface area contributed by atoms with Gasteiger partial charge < -0.3 is 10.3 Å². The number of anilines is 1. The van der Waals surface area contributed by atoms with Gasteiger partial charge in [0, 0.05) is 13.1 Å². The van der Waals surface area contributed by atoms with E-state index in [4.69, 9.17) is 5.73 Å². The van der Waals surface area contributed by atoms with Crippen LogP contribution in [0, 0.1) is 0 Å². The molecule has 3 heterocycles. The van der Waals surface area contributed by atoms with Crippen molar-refractivity contribution in [3.8, 4) is 0 Å². The van der Waals surface area contributed by atoms with E-state index in [9.17, 15) is 0 Å². The van der Waals surface area contributed by atoms with E-state index < -0.39 is 0 Å². The molecule has 4 rings (SSSR count). The van der Waals surface area contributed by atoms with Gasteiger partial charge in [-0.2, -0.15) is 9.61 Å². The molecule has 3 aromatic heterocycles. The minimum absolute atomic E-state index is 0.415. The molecule has 1 aliphatic rings. The Morgan fingerprint density at radius 1 is 1.24 bits per heavy atom. The lowest BCUT2D eigenvalue weighted by molar-refractivity contribution is 0.872. The van der Waals surface area contributed by atoms with Gasteiger partial charge in [-0.3, -0.25) is 0 Å². The summed E-state index contributed by atoms with van der Waals surface area (Å²) >= 11 is 0. The topological polar surface area (TPSA) is 74.0 Å². The fourth-order valence-electron chi connectivity index (χ4n) is 2.24. The summed E-state index contributed by atoms with van der Waals surface area (Å²) in [6.45, 7) is 7.76. The van der Waals surface area contributed by atoms with Gasteiger partial charge in [0.25, 0.3) is 0 Å². The molecule has 0 radical (unpaired) electrons. The molecular formula is C19H24N6. The van der Waals surface area contributed by atoms with E-state index in [0.717, 1.165) is 22.5 Å². The van der Waals surface area contributed by atoms with E-state index >= 15 is 0 Å².